The maximum absolute atomic E-state index is 15.7. The quantitative estimate of drug-likeness (QED) is 0.108. The van der Waals surface area contributed by atoms with E-state index in [1.165, 1.54) is 24.7 Å². The molecule has 3 aromatic heterocycles. The van der Waals surface area contributed by atoms with Crippen molar-refractivity contribution in [2.24, 2.45) is 13.0 Å². The molecule has 1 aliphatic carbocycles. The van der Waals surface area contributed by atoms with Gasteiger partial charge in [-0.15, -0.1) is 0 Å². The van der Waals surface area contributed by atoms with E-state index >= 15 is 8.78 Å². The van der Waals surface area contributed by atoms with E-state index in [1.54, 1.807) is 25.1 Å². The Kier molecular flexibility index (Phi) is 11.4. The van der Waals surface area contributed by atoms with Crippen LogP contribution in [0.3, 0.4) is 0 Å². The van der Waals surface area contributed by atoms with E-state index in [2.05, 4.69) is 37.4 Å². The number of ether oxygens (including phenoxy) is 1. The van der Waals surface area contributed by atoms with Crippen molar-refractivity contribution in [3.05, 3.63) is 93.0 Å². The molecule has 1 fully saturated rings. The van der Waals surface area contributed by atoms with E-state index in [0.29, 0.717) is 36.0 Å². The molecule has 324 valence electrons. The summed E-state index contributed by atoms with van der Waals surface area (Å²) in [5.41, 5.74) is -3.20. The second-order valence-corrected chi connectivity index (χ2v) is 17.5. The van der Waals surface area contributed by atoms with Gasteiger partial charge in [0.25, 0.3) is 5.92 Å². The largest absolute Gasteiger partial charge is 0.435 e. The van der Waals surface area contributed by atoms with E-state index in [4.69, 9.17) is 21.3 Å². The molecule has 7 rings (SSSR count). The van der Waals surface area contributed by atoms with Gasteiger partial charge in [0.2, 0.25) is 15.9 Å². The number of nitrogens with one attached hydrogen (secondary N) is 3. The van der Waals surface area contributed by atoms with Gasteiger partial charge in [0.15, 0.2) is 11.5 Å². The highest BCUT2D eigenvalue weighted by Crippen LogP contribution is 2.55. The second-order valence-electron chi connectivity index (χ2n) is 15.4. The highest BCUT2D eigenvalue weighted by molar-refractivity contribution is 7.92. The first-order valence-electron chi connectivity index (χ1n) is 18.8. The third-order valence-corrected chi connectivity index (χ3v) is 11.6. The molecule has 0 saturated carbocycles. The number of fused-ring (bicyclic) bond motifs is 2. The molecule has 4 atom stereocenters. The smallest absolute Gasteiger partial charge is 0.360 e. The number of hydrogen-bond donors (Lipinski definition) is 3. The van der Waals surface area contributed by atoms with Crippen molar-refractivity contribution >= 4 is 44.3 Å². The van der Waals surface area contributed by atoms with Crippen molar-refractivity contribution in [3.63, 3.8) is 0 Å². The first kappa shape index (κ1) is 43.8. The van der Waals surface area contributed by atoms with E-state index in [1.807, 2.05) is 0 Å². The molecule has 1 unspecified atom stereocenters. The van der Waals surface area contributed by atoms with Crippen LogP contribution in [0.5, 0.6) is 0 Å². The minimum Gasteiger partial charge on any atom is -0.360 e. The number of nitrogens with zero attached hydrogens (tertiary/aromatic N) is 5. The highest BCUT2D eigenvalue weighted by Gasteiger charge is 2.57. The van der Waals surface area contributed by atoms with Crippen LogP contribution < -0.4 is 15.4 Å². The monoisotopic (exact) mass is 894 g/mol. The number of carbonyl (C=O) groups is 1. The summed E-state index contributed by atoms with van der Waals surface area (Å²) < 4.78 is 138. The summed E-state index contributed by atoms with van der Waals surface area (Å²) in [5.74, 6) is -3.68. The van der Waals surface area contributed by atoms with Gasteiger partial charge < -0.3 is 15.4 Å². The fourth-order valence-electron chi connectivity index (χ4n) is 7.80. The zero-order chi connectivity index (χ0) is 44.4. The maximum atomic E-state index is 15.7. The molecule has 4 heterocycles. The summed E-state index contributed by atoms with van der Waals surface area (Å²) in [7, 11) is -2.34. The summed E-state index contributed by atoms with van der Waals surface area (Å²) in [5, 5.41) is 13.9. The van der Waals surface area contributed by atoms with E-state index in [-0.39, 0.29) is 50.7 Å². The van der Waals surface area contributed by atoms with Crippen LogP contribution >= 0.6 is 11.6 Å². The average Bonchev–Trinajstić information content (AvgIpc) is 3.76. The van der Waals surface area contributed by atoms with Gasteiger partial charge in [-0.1, -0.05) is 37.4 Å². The van der Waals surface area contributed by atoms with Gasteiger partial charge in [-0.05, 0) is 61.1 Å². The van der Waals surface area contributed by atoms with Gasteiger partial charge in [-0.2, -0.15) is 32.1 Å². The Morgan fingerprint density at radius 1 is 1.10 bits per heavy atom. The Labute approximate surface area is 350 Å². The molecule has 1 saturated heterocycles. The molecule has 0 spiro atoms. The lowest BCUT2D eigenvalue weighted by Gasteiger charge is -2.29. The van der Waals surface area contributed by atoms with Crippen LogP contribution in [-0.2, 0) is 51.7 Å². The van der Waals surface area contributed by atoms with Crippen LogP contribution in [-0.4, -0.2) is 70.4 Å². The molecule has 12 nitrogen and oxygen atoms in total. The third-order valence-electron chi connectivity index (χ3n) is 10.7. The lowest BCUT2D eigenvalue weighted by molar-refractivity contribution is -0.143. The summed E-state index contributed by atoms with van der Waals surface area (Å²) in [6.07, 6.45) is -4.58. The molecule has 0 bridgehead atoms. The molecule has 0 radical (unpaired) electrons. The molecule has 21 heteroatoms. The number of halogens is 8. The number of alkyl halides is 5. The van der Waals surface area contributed by atoms with Gasteiger partial charge in [0.1, 0.15) is 35.2 Å². The average molecular weight is 895 g/mol. The minimum absolute atomic E-state index is 0.00866. The molecule has 61 heavy (non-hydrogen) atoms. The van der Waals surface area contributed by atoms with Crippen molar-refractivity contribution in [2.45, 2.75) is 63.4 Å². The topological polar surface area (TPSA) is 145 Å². The number of rotatable bonds is 9. The predicted octanol–water partition coefficient (Wildman–Crippen LogP) is 6.83. The summed E-state index contributed by atoms with van der Waals surface area (Å²) in [6.45, 7) is 4.37. The number of aryl methyl sites for hydroxylation is 1. The lowest BCUT2D eigenvalue weighted by atomic mass is 9.93. The SMILES string of the molecule is C[C@@H]1c2c(C(F)(F)F)nn(CC(=O)N[C@@H](Cc3cc(F)cc(F)c3)c3nc(C#CC4(C)CNCCO4)ccc3-c3ccc(Cl)c4c(NS(C)(=O)=O)nn(C)c34)c2C(F)(F)[C@@H]1C. The van der Waals surface area contributed by atoms with Crippen molar-refractivity contribution in [1.82, 2.24) is 35.2 Å². The van der Waals surface area contributed by atoms with Crippen molar-refractivity contribution < 1.29 is 48.7 Å². The fourth-order valence-corrected chi connectivity index (χ4v) is 8.54. The normalized spacial score (nSPS) is 20.5. The molecule has 3 N–H and O–H groups in total. The summed E-state index contributed by atoms with van der Waals surface area (Å²) >= 11 is 6.61. The molecule has 1 amide bonds. The number of benzene rings is 2. The number of anilines is 1. The van der Waals surface area contributed by atoms with Crippen LogP contribution in [0.2, 0.25) is 5.02 Å². The van der Waals surface area contributed by atoms with Gasteiger partial charge in [-0.25, -0.2) is 22.2 Å². The van der Waals surface area contributed by atoms with Gasteiger partial charge in [0.05, 0.1) is 40.5 Å². The molecular formula is C40H38ClF7N8O4S. The molecular weight excluding hydrogens is 857 g/mol. The van der Waals surface area contributed by atoms with Crippen molar-refractivity contribution in [3.8, 4) is 23.0 Å². The van der Waals surface area contributed by atoms with Crippen LogP contribution in [0.15, 0.2) is 42.5 Å². The zero-order valence-corrected chi connectivity index (χ0v) is 34.7. The van der Waals surface area contributed by atoms with E-state index < -0.39 is 86.6 Å². The molecule has 2 aromatic carbocycles. The third kappa shape index (κ3) is 8.78. The van der Waals surface area contributed by atoms with Crippen LogP contribution in [0, 0.1) is 29.4 Å². The number of morpholine rings is 1. The van der Waals surface area contributed by atoms with E-state index in [9.17, 15) is 35.2 Å². The van der Waals surface area contributed by atoms with Crippen LogP contribution in [0.4, 0.5) is 36.6 Å². The van der Waals surface area contributed by atoms with Gasteiger partial charge in [-0.3, -0.25) is 18.9 Å². The van der Waals surface area contributed by atoms with E-state index in [0.717, 1.165) is 25.3 Å². The van der Waals surface area contributed by atoms with Gasteiger partial charge in [0, 0.05) is 48.8 Å². The number of sulfonamides is 1. The number of amides is 1. The van der Waals surface area contributed by atoms with Crippen molar-refractivity contribution in [2.75, 3.05) is 30.7 Å². The number of hydrogen-bond acceptors (Lipinski definition) is 8. The van der Waals surface area contributed by atoms with Crippen molar-refractivity contribution in [1.29, 1.82) is 0 Å². The Hall–Kier alpha value is -5.23. The fraction of sp³-hybridized carbons (Fsp3) is 0.400. The molecule has 5 aromatic rings. The number of pyridine rings is 1. The maximum Gasteiger partial charge on any atom is 0.435 e. The van der Waals surface area contributed by atoms with Crippen LogP contribution in [0.1, 0.15) is 66.6 Å². The standard InChI is InChI=1S/C40H38ClF7N8O4S/c1-20-21(2)39(44,45)36-31(20)35(40(46,47)48)52-56(36)18-30(57)51-29(16-22-14-23(42)17-24(43)15-22)33-26(7-6-25(50-33)10-11-38(3)19-49-12-13-60-38)27-8-9-28(41)32-34(27)55(4)53-37(32)54-61(5,58)59/h6-9,14-15,17,20-21,29,49H,12-13,16,18-19H2,1-5H3,(H,51,57)(H,53,54)/t20-,21+,29-,38?/m0/s1. The first-order chi connectivity index (χ1) is 28.5. The lowest BCUT2D eigenvalue weighted by Crippen LogP contribution is -2.46. The highest BCUT2D eigenvalue weighted by atomic mass is 35.5. The first-order valence-corrected chi connectivity index (χ1v) is 21.1. The molecule has 2 aliphatic rings. The molecule has 1 aliphatic heterocycles. The number of carbonyl (C=O) groups excluding carboxylic acids is 1. The van der Waals surface area contributed by atoms with Crippen LogP contribution in [0.25, 0.3) is 22.0 Å². The summed E-state index contributed by atoms with van der Waals surface area (Å²) in [4.78, 5) is 18.9. The Balaban J connectivity index is 1.40. The summed E-state index contributed by atoms with van der Waals surface area (Å²) in [6, 6.07) is 7.43. The zero-order valence-electron chi connectivity index (χ0n) is 33.1. The van der Waals surface area contributed by atoms with Gasteiger partial charge >= 0.3 is 6.18 Å². The number of aromatic nitrogens is 5. The Morgan fingerprint density at radius 3 is 2.43 bits per heavy atom. The second kappa shape index (κ2) is 15.9. The predicted molar refractivity (Wildman–Crippen MR) is 211 cm³/mol. The Bertz CT molecular complexity index is 2720. The Morgan fingerprint density at radius 2 is 1.79 bits per heavy atom. The minimum atomic E-state index is -5.12.